The lowest BCUT2D eigenvalue weighted by Gasteiger charge is -2.22. The number of carbonyl (C=O) groups is 1. The number of carboxylic acids is 1. The third kappa shape index (κ3) is 3.80. The van der Waals surface area contributed by atoms with E-state index in [1.54, 1.807) is 10.7 Å². The van der Waals surface area contributed by atoms with Crippen LogP contribution in [-0.2, 0) is 16.0 Å². The van der Waals surface area contributed by atoms with Gasteiger partial charge in [-0.15, -0.1) is 0 Å². The van der Waals surface area contributed by atoms with Crippen molar-refractivity contribution in [2.45, 2.75) is 51.9 Å². The van der Waals surface area contributed by atoms with E-state index in [0.29, 0.717) is 13.2 Å². The highest BCUT2D eigenvalue weighted by atomic mass is 16.7. The lowest BCUT2D eigenvalue weighted by molar-refractivity contribution is -0.163. The number of hydrogen-bond donors (Lipinski definition) is 1. The molecule has 112 valence electrons. The number of hydrogen-bond acceptors (Lipinski definition) is 4. The van der Waals surface area contributed by atoms with Crippen LogP contribution in [0.15, 0.2) is 6.07 Å². The molecule has 1 N–H and O–H groups in total. The van der Waals surface area contributed by atoms with Crippen LogP contribution in [0.3, 0.4) is 0 Å². The Morgan fingerprint density at radius 2 is 2.40 bits per heavy atom. The summed E-state index contributed by atoms with van der Waals surface area (Å²) in [5, 5.41) is 13.1. The van der Waals surface area contributed by atoms with Gasteiger partial charge in [0.15, 0.2) is 12.0 Å². The van der Waals surface area contributed by atoms with Crippen molar-refractivity contribution in [3.05, 3.63) is 17.5 Å². The molecule has 0 radical (unpaired) electrons. The van der Waals surface area contributed by atoms with Crippen LogP contribution in [0.2, 0.25) is 0 Å². The molecule has 2 heterocycles. The van der Waals surface area contributed by atoms with E-state index in [1.807, 2.05) is 13.8 Å². The normalized spacial score (nSPS) is 19.4. The summed E-state index contributed by atoms with van der Waals surface area (Å²) in [6.45, 7) is 5.81. The number of ether oxygens (including phenoxy) is 2. The SMILES string of the molecule is CC(C)c1cc(C(=O)O)nn1CCOC1CCCCO1. The van der Waals surface area contributed by atoms with Gasteiger partial charge < -0.3 is 14.6 Å². The Morgan fingerprint density at radius 1 is 1.60 bits per heavy atom. The third-order valence-corrected chi connectivity index (χ3v) is 3.37. The van der Waals surface area contributed by atoms with Crippen molar-refractivity contribution in [2.75, 3.05) is 13.2 Å². The highest BCUT2D eigenvalue weighted by Gasteiger charge is 2.17. The molecule has 0 amide bonds. The number of carboxylic acid groups (broad SMARTS) is 1. The van der Waals surface area contributed by atoms with Crippen molar-refractivity contribution in [3.8, 4) is 0 Å². The Bertz CT molecular complexity index is 450. The van der Waals surface area contributed by atoms with Crippen LogP contribution in [0.1, 0.15) is 55.2 Å². The molecule has 0 spiro atoms. The van der Waals surface area contributed by atoms with E-state index in [0.717, 1.165) is 31.6 Å². The first kappa shape index (κ1) is 15.0. The average molecular weight is 282 g/mol. The van der Waals surface area contributed by atoms with Crippen LogP contribution < -0.4 is 0 Å². The fourth-order valence-electron chi connectivity index (χ4n) is 2.29. The molecule has 1 aliphatic rings. The van der Waals surface area contributed by atoms with Gasteiger partial charge in [0.2, 0.25) is 0 Å². The minimum atomic E-state index is -0.998. The van der Waals surface area contributed by atoms with E-state index < -0.39 is 5.97 Å². The second kappa shape index (κ2) is 6.85. The topological polar surface area (TPSA) is 73.6 Å². The van der Waals surface area contributed by atoms with E-state index in [1.165, 1.54) is 0 Å². The highest BCUT2D eigenvalue weighted by Crippen LogP contribution is 2.17. The molecule has 6 nitrogen and oxygen atoms in total. The zero-order valence-electron chi connectivity index (χ0n) is 12.0. The Labute approximate surface area is 118 Å². The summed E-state index contributed by atoms with van der Waals surface area (Å²) < 4.78 is 12.9. The first-order valence-electron chi connectivity index (χ1n) is 7.12. The Balaban J connectivity index is 1.92. The molecule has 0 aliphatic carbocycles. The molecule has 1 saturated heterocycles. The van der Waals surface area contributed by atoms with Crippen LogP contribution in [0.4, 0.5) is 0 Å². The monoisotopic (exact) mass is 282 g/mol. The molecular weight excluding hydrogens is 260 g/mol. The number of aromatic nitrogens is 2. The van der Waals surface area contributed by atoms with Gasteiger partial charge in [0.05, 0.1) is 13.2 Å². The van der Waals surface area contributed by atoms with Crippen molar-refractivity contribution in [3.63, 3.8) is 0 Å². The first-order valence-corrected chi connectivity index (χ1v) is 7.12. The fraction of sp³-hybridized carbons (Fsp3) is 0.714. The third-order valence-electron chi connectivity index (χ3n) is 3.37. The van der Waals surface area contributed by atoms with Crippen molar-refractivity contribution in [1.82, 2.24) is 9.78 Å². The molecule has 1 aromatic rings. The summed E-state index contributed by atoms with van der Waals surface area (Å²) in [6.07, 6.45) is 3.03. The van der Waals surface area contributed by atoms with Gasteiger partial charge in [0.1, 0.15) is 0 Å². The molecule has 0 aromatic carbocycles. The molecular formula is C14H22N2O4. The predicted octanol–water partition coefficient (Wildman–Crippen LogP) is 2.25. The summed E-state index contributed by atoms with van der Waals surface area (Å²) in [6, 6.07) is 1.63. The van der Waals surface area contributed by atoms with Crippen molar-refractivity contribution < 1.29 is 19.4 Å². The Hall–Kier alpha value is -1.40. The molecule has 1 unspecified atom stereocenters. The summed E-state index contributed by atoms with van der Waals surface area (Å²) >= 11 is 0. The van der Waals surface area contributed by atoms with E-state index in [-0.39, 0.29) is 17.9 Å². The summed E-state index contributed by atoms with van der Waals surface area (Å²) in [7, 11) is 0. The smallest absolute Gasteiger partial charge is 0.356 e. The first-order chi connectivity index (χ1) is 9.58. The largest absolute Gasteiger partial charge is 0.476 e. The van der Waals surface area contributed by atoms with Crippen LogP contribution in [0.25, 0.3) is 0 Å². The van der Waals surface area contributed by atoms with Gasteiger partial charge >= 0.3 is 5.97 Å². The van der Waals surface area contributed by atoms with E-state index in [4.69, 9.17) is 14.6 Å². The highest BCUT2D eigenvalue weighted by molar-refractivity contribution is 5.85. The van der Waals surface area contributed by atoms with E-state index in [9.17, 15) is 4.79 Å². The maximum absolute atomic E-state index is 11.0. The van der Waals surface area contributed by atoms with Gasteiger partial charge in [-0.3, -0.25) is 4.68 Å². The maximum atomic E-state index is 11.0. The standard InChI is InChI=1S/C14H22N2O4/c1-10(2)12-9-11(14(17)18)15-16(12)6-8-20-13-5-3-4-7-19-13/h9-10,13H,3-8H2,1-2H3,(H,17,18). The summed E-state index contributed by atoms with van der Waals surface area (Å²) in [4.78, 5) is 11.0. The molecule has 1 aliphatic heterocycles. The molecule has 2 rings (SSSR count). The van der Waals surface area contributed by atoms with Gasteiger partial charge in [-0.05, 0) is 31.2 Å². The molecule has 1 atom stereocenters. The summed E-state index contributed by atoms with van der Waals surface area (Å²) in [5.41, 5.74) is 0.998. The molecule has 6 heteroatoms. The Morgan fingerprint density at radius 3 is 3.00 bits per heavy atom. The molecule has 1 aromatic heterocycles. The number of rotatable bonds is 6. The second-order valence-corrected chi connectivity index (χ2v) is 5.30. The molecule has 1 fully saturated rings. The zero-order valence-corrected chi connectivity index (χ0v) is 12.0. The molecule has 0 saturated carbocycles. The van der Waals surface area contributed by atoms with E-state index in [2.05, 4.69) is 5.10 Å². The van der Waals surface area contributed by atoms with Gasteiger partial charge in [0.25, 0.3) is 0 Å². The maximum Gasteiger partial charge on any atom is 0.356 e. The lowest BCUT2D eigenvalue weighted by Crippen LogP contribution is -2.24. The Kier molecular flexibility index (Phi) is 5.14. The van der Waals surface area contributed by atoms with Crippen molar-refractivity contribution in [1.29, 1.82) is 0 Å². The van der Waals surface area contributed by atoms with Gasteiger partial charge in [-0.25, -0.2) is 4.79 Å². The fourth-order valence-corrected chi connectivity index (χ4v) is 2.29. The minimum absolute atomic E-state index is 0.0858. The van der Waals surface area contributed by atoms with Crippen LogP contribution in [0.5, 0.6) is 0 Å². The lowest BCUT2D eigenvalue weighted by atomic mass is 10.1. The average Bonchev–Trinajstić information content (AvgIpc) is 2.84. The molecule has 20 heavy (non-hydrogen) atoms. The van der Waals surface area contributed by atoms with Crippen LogP contribution in [0, 0.1) is 0 Å². The van der Waals surface area contributed by atoms with Crippen LogP contribution >= 0.6 is 0 Å². The van der Waals surface area contributed by atoms with Crippen LogP contribution in [-0.4, -0.2) is 40.4 Å². The zero-order chi connectivity index (χ0) is 14.5. The minimum Gasteiger partial charge on any atom is -0.476 e. The van der Waals surface area contributed by atoms with E-state index >= 15 is 0 Å². The predicted molar refractivity (Wildman–Crippen MR) is 72.8 cm³/mol. The number of aromatic carboxylic acids is 1. The molecule has 0 bridgehead atoms. The van der Waals surface area contributed by atoms with Gasteiger partial charge in [-0.1, -0.05) is 13.8 Å². The quantitative estimate of drug-likeness (QED) is 0.866. The number of nitrogens with zero attached hydrogens (tertiary/aromatic N) is 2. The summed E-state index contributed by atoms with van der Waals surface area (Å²) in [5.74, 6) is -0.774. The van der Waals surface area contributed by atoms with Crippen molar-refractivity contribution in [2.24, 2.45) is 0 Å². The second-order valence-electron chi connectivity index (χ2n) is 5.30. The van der Waals surface area contributed by atoms with Crippen molar-refractivity contribution >= 4 is 5.97 Å². The van der Waals surface area contributed by atoms with Gasteiger partial charge in [-0.2, -0.15) is 5.10 Å². The van der Waals surface area contributed by atoms with Gasteiger partial charge in [0, 0.05) is 12.3 Å².